The zero-order valence-electron chi connectivity index (χ0n) is 9.78. The molecule has 0 saturated heterocycles. The maximum atomic E-state index is 11.2. The molecule has 1 aromatic carbocycles. The minimum Gasteiger partial charge on any atom is -0.295 e. The Hall–Kier alpha value is -1.37. The topological polar surface area (TPSA) is 17.1 Å². The van der Waals surface area contributed by atoms with Gasteiger partial charge in [0, 0.05) is 11.5 Å². The van der Waals surface area contributed by atoms with Crippen molar-refractivity contribution < 1.29 is 4.79 Å². The van der Waals surface area contributed by atoms with Crippen molar-refractivity contribution in [3.63, 3.8) is 0 Å². The molecule has 1 aliphatic rings. The standard InChI is InChI=1S/C15H18O/c1-12(16)13-8-10-15(11-9-13)14-6-4-2-3-5-7-14/h4,6,8-11,14H,2-3,5,7H2,1H3. The number of carbonyl (C=O) groups is 1. The highest BCUT2D eigenvalue weighted by Gasteiger charge is 2.10. The van der Waals surface area contributed by atoms with Crippen LogP contribution in [0.4, 0.5) is 0 Å². The van der Waals surface area contributed by atoms with Crippen molar-refractivity contribution in [2.24, 2.45) is 0 Å². The summed E-state index contributed by atoms with van der Waals surface area (Å²) in [7, 11) is 0. The second kappa shape index (κ2) is 5.11. The zero-order chi connectivity index (χ0) is 11.4. The van der Waals surface area contributed by atoms with E-state index >= 15 is 0 Å². The third-order valence-electron chi connectivity index (χ3n) is 3.25. The van der Waals surface area contributed by atoms with Gasteiger partial charge in [-0.15, -0.1) is 0 Å². The quantitative estimate of drug-likeness (QED) is 0.535. The number of hydrogen-bond acceptors (Lipinski definition) is 1. The summed E-state index contributed by atoms with van der Waals surface area (Å²) in [5.41, 5.74) is 2.14. The van der Waals surface area contributed by atoms with Gasteiger partial charge >= 0.3 is 0 Å². The fourth-order valence-corrected chi connectivity index (χ4v) is 2.23. The highest BCUT2D eigenvalue weighted by molar-refractivity contribution is 5.94. The summed E-state index contributed by atoms with van der Waals surface area (Å²) in [5.74, 6) is 0.687. The summed E-state index contributed by atoms with van der Waals surface area (Å²) in [6, 6.07) is 8.07. The van der Waals surface area contributed by atoms with Gasteiger partial charge in [0.05, 0.1) is 0 Å². The third-order valence-corrected chi connectivity index (χ3v) is 3.25. The molecule has 0 aliphatic heterocycles. The molecule has 2 rings (SSSR count). The summed E-state index contributed by atoms with van der Waals surface area (Å²) in [6.45, 7) is 1.61. The lowest BCUT2D eigenvalue weighted by molar-refractivity contribution is 0.101. The van der Waals surface area contributed by atoms with Crippen LogP contribution in [0.15, 0.2) is 36.4 Å². The number of benzene rings is 1. The van der Waals surface area contributed by atoms with E-state index in [1.54, 1.807) is 6.92 Å². The van der Waals surface area contributed by atoms with E-state index in [-0.39, 0.29) is 5.78 Å². The van der Waals surface area contributed by atoms with Crippen LogP contribution in [0, 0.1) is 0 Å². The fraction of sp³-hybridized carbons (Fsp3) is 0.400. The molecule has 0 aromatic heterocycles. The first-order valence-electron chi connectivity index (χ1n) is 6.05. The van der Waals surface area contributed by atoms with E-state index in [1.807, 2.05) is 12.1 Å². The number of hydrogen-bond donors (Lipinski definition) is 0. The van der Waals surface area contributed by atoms with Crippen LogP contribution >= 0.6 is 0 Å². The SMILES string of the molecule is CC(=O)c1ccc(C2C=CCCCC2)cc1. The Balaban J connectivity index is 2.17. The van der Waals surface area contributed by atoms with E-state index in [9.17, 15) is 4.79 Å². The monoisotopic (exact) mass is 214 g/mol. The smallest absolute Gasteiger partial charge is 0.159 e. The Labute approximate surface area is 97.2 Å². The largest absolute Gasteiger partial charge is 0.295 e. The van der Waals surface area contributed by atoms with Crippen LogP contribution in [-0.4, -0.2) is 5.78 Å². The first-order valence-corrected chi connectivity index (χ1v) is 6.05. The Bertz CT molecular complexity index is 386. The van der Waals surface area contributed by atoms with Crippen LogP contribution in [0.3, 0.4) is 0 Å². The van der Waals surface area contributed by atoms with Gasteiger partial charge in [-0.3, -0.25) is 4.79 Å². The number of carbonyl (C=O) groups excluding carboxylic acids is 1. The Morgan fingerprint density at radius 2 is 1.94 bits per heavy atom. The van der Waals surface area contributed by atoms with Gasteiger partial charge in [-0.25, -0.2) is 0 Å². The summed E-state index contributed by atoms with van der Waals surface area (Å²) >= 11 is 0. The highest BCUT2D eigenvalue weighted by atomic mass is 16.1. The average molecular weight is 214 g/mol. The summed E-state index contributed by atoms with van der Waals surface area (Å²) < 4.78 is 0. The van der Waals surface area contributed by atoms with E-state index in [0.29, 0.717) is 5.92 Å². The molecule has 0 heterocycles. The molecule has 16 heavy (non-hydrogen) atoms. The van der Waals surface area contributed by atoms with Gasteiger partial charge in [0.25, 0.3) is 0 Å². The molecular formula is C15H18O. The molecule has 0 N–H and O–H groups in total. The van der Waals surface area contributed by atoms with Crippen LogP contribution in [0.25, 0.3) is 0 Å². The predicted molar refractivity (Wildman–Crippen MR) is 66.8 cm³/mol. The lowest BCUT2D eigenvalue weighted by Gasteiger charge is -2.11. The molecule has 0 saturated carbocycles. The minimum absolute atomic E-state index is 0.142. The first kappa shape index (κ1) is 11.1. The zero-order valence-corrected chi connectivity index (χ0v) is 9.78. The van der Waals surface area contributed by atoms with Gasteiger partial charge < -0.3 is 0 Å². The average Bonchev–Trinajstić information content (AvgIpc) is 2.57. The van der Waals surface area contributed by atoms with Crippen LogP contribution in [0.5, 0.6) is 0 Å². The Kier molecular flexibility index (Phi) is 3.55. The molecule has 1 heteroatoms. The molecular weight excluding hydrogens is 196 g/mol. The molecule has 1 unspecified atom stereocenters. The van der Waals surface area contributed by atoms with E-state index in [0.717, 1.165) is 5.56 Å². The Morgan fingerprint density at radius 1 is 1.19 bits per heavy atom. The van der Waals surface area contributed by atoms with Crippen molar-refractivity contribution in [3.05, 3.63) is 47.5 Å². The molecule has 0 radical (unpaired) electrons. The molecule has 0 fully saturated rings. The van der Waals surface area contributed by atoms with Crippen LogP contribution < -0.4 is 0 Å². The maximum absolute atomic E-state index is 11.2. The first-order chi connectivity index (χ1) is 7.77. The van der Waals surface area contributed by atoms with Crippen molar-refractivity contribution in [1.82, 2.24) is 0 Å². The van der Waals surface area contributed by atoms with Gasteiger partial charge in [-0.2, -0.15) is 0 Å². The molecule has 1 nitrogen and oxygen atoms in total. The van der Waals surface area contributed by atoms with E-state index in [1.165, 1.54) is 31.2 Å². The second-order valence-electron chi connectivity index (χ2n) is 4.50. The minimum atomic E-state index is 0.142. The van der Waals surface area contributed by atoms with Crippen LogP contribution in [0.2, 0.25) is 0 Å². The number of rotatable bonds is 2. The van der Waals surface area contributed by atoms with Crippen LogP contribution in [-0.2, 0) is 0 Å². The predicted octanol–water partition coefficient (Wildman–Crippen LogP) is 4.10. The summed E-state index contributed by atoms with van der Waals surface area (Å²) in [4.78, 5) is 11.2. The van der Waals surface area contributed by atoms with E-state index < -0.39 is 0 Å². The Morgan fingerprint density at radius 3 is 2.62 bits per heavy atom. The summed E-state index contributed by atoms with van der Waals surface area (Å²) in [5, 5.41) is 0. The third kappa shape index (κ3) is 2.60. The molecule has 0 amide bonds. The van der Waals surface area contributed by atoms with E-state index in [4.69, 9.17) is 0 Å². The lowest BCUT2D eigenvalue weighted by atomic mass is 9.93. The number of allylic oxidation sites excluding steroid dienone is 2. The molecule has 1 aromatic rings. The van der Waals surface area contributed by atoms with E-state index in [2.05, 4.69) is 24.3 Å². The number of ketones is 1. The van der Waals surface area contributed by atoms with Crippen molar-refractivity contribution in [2.75, 3.05) is 0 Å². The van der Waals surface area contributed by atoms with Gasteiger partial charge in [-0.1, -0.05) is 42.8 Å². The molecule has 84 valence electrons. The molecule has 0 spiro atoms. The normalized spacial score (nSPS) is 20.4. The van der Waals surface area contributed by atoms with Crippen molar-refractivity contribution >= 4 is 5.78 Å². The van der Waals surface area contributed by atoms with Gasteiger partial charge in [0.2, 0.25) is 0 Å². The highest BCUT2D eigenvalue weighted by Crippen LogP contribution is 2.27. The van der Waals surface area contributed by atoms with Gasteiger partial charge in [-0.05, 0) is 31.7 Å². The van der Waals surface area contributed by atoms with Gasteiger partial charge in [0.15, 0.2) is 5.78 Å². The van der Waals surface area contributed by atoms with Crippen molar-refractivity contribution in [2.45, 2.75) is 38.5 Å². The fourth-order valence-electron chi connectivity index (χ4n) is 2.23. The molecule has 0 bridgehead atoms. The van der Waals surface area contributed by atoms with Crippen molar-refractivity contribution in [3.8, 4) is 0 Å². The van der Waals surface area contributed by atoms with Crippen molar-refractivity contribution in [1.29, 1.82) is 0 Å². The summed E-state index contributed by atoms with van der Waals surface area (Å²) in [6.07, 6.45) is 9.65. The number of Topliss-reactive ketones (excluding diaryl/α,β-unsaturated/α-hetero) is 1. The van der Waals surface area contributed by atoms with Gasteiger partial charge in [0.1, 0.15) is 0 Å². The molecule has 1 aliphatic carbocycles. The second-order valence-corrected chi connectivity index (χ2v) is 4.50. The molecule has 1 atom stereocenters. The van der Waals surface area contributed by atoms with Crippen LogP contribution in [0.1, 0.15) is 54.4 Å². The lowest BCUT2D eigenvalue weighted by Crippen LogP contribution is -1.96. The maximum Gasteiger partial charge on any atom is 0.159 e.